The summed E-state index contributed by atoms with van der Waals surface area (Å²) in [6, 6.07) is 0.798. The van der Waals surface area contributed by atoms with Gasteiger partial charge in [0.2, 0.25) is 0 Å². The second kappa shape index (κ2) is 5.41. The minimum absolute atomic E-state index is 0.393. The summed E-state index contributed by atoms with van der Waals surface area (Å²) < 4.78 is 0.393. The molecule has 1 fully saturated rings. The Morgan fingerprint density at radius 1 is 1.36 bits per heavy atom. The fourth-order valence-electron chi connectivity index (χ4n) is 2.09. The van der Waals surface area contributed by atoms with Crippen molar-refractivity contribution in [3.63, 3.8) is 0 Å². The molecule has 0 aromatic heterocycles. The third-order valence-corrected chi connectivity index (χ3v) is 4.74. The highest BCUT2D eigenvalue weighted by molar-refractivity contribution is 7.99. The maximum atomic E-state index is 3.72. The maximum Gasteiger partial charge on any atom is 0.0225 e. The van der Waals surface area contributed by atoms with Gasteiger partial charge in [0.15, 0.2) is 0 Å². The minimum atomic E-state index is 0.393. The van der Waals surface area contributed by atoms with Gasteiger partial charge in [-0.25, -0.2) is 0 Å². The highest BCUT2D eigenvalue weighted by Crippen LogP contribution is 2.28. The van der Waals surface area contributed by atoms with Crippen LogP contribution in [0.15, 0.2) is 0 Å². The van der Waals surface area contributed by atoms with E-state index in [1.165, 1.54) is 25.7 Å². The molecule has 1 N–H and O–H groups in total. The molecule has 84 valence electrons. The van der Waals surface area contributed by atoms with Crippen molar-refractivity contribution in [3.05, 3.63) is 0 Å². The standard InChI is InChI=1S/C12H25NS/c1-5-10-6-7-11(8-10)13-9-12(2,3)14-4/h10-11,13H,5-9H2,1-4H3. The summed E-state index contributed by atoms with van der Waals surface area (Å²) in [6.07, 6.45) is 7.80. The van der Waals surface area contributed by atoms with Crippen molar-refractivity contribution in [2.24, 2.45) is 5.92 Å². The molecule has 0 heterocycles. The van der Waals surface area contributed by atoms with Crippen LogP contribution >= 0.6 is 11.8 Å². The van der Waals surface area contributed by atoms with Crippen molar-refractivity contribution in [2.75, 3.05) is 12.8 Å². The number of rotatable bonds is 5. The molecule has 2 heteroatoms. The van der Waals surface area contributed by atoms with Gasteiger partial charge in [-0.2, -0.15) is 11.8 Å². The van der Waals surface area contributed by atoms with Crippen molar-refractivity contribution < 1.29 is 0 Å². The molecule has 0 spiro atoms. The van der Waals surface area contributed by atoms with Crippen LogP contribution in [0, 0.1) is 5.92 Å². The summed E-state index contributed by atoms with van der Waals surface area (Å²) in [6.45, 7) is 8.10. The van der Waals surface area contributed by atoms with Gasteiger partial charge < -0.3 is 5.32 Å². The number of nitrogens with one attached hydrogen (secondary N) is 1. The van der Waals surface area contributed by atoms with Gasteiger partial charge in [-0.15, -0.1) is 0 Å². The molecular weight excluding hydrogens is 190 g/mol. The summed E-state index contributed by atoms with van der Waals surface area (Å²) in [7, 11) is 0. The van der Waals surface area contributed by atoms with E-state index in [-0.39, 0.29) is 0 Å². The topological polar surface area (TPSA) is 12.0 Å². The quantitative estimate of drug-likeness (QED) is 0.755. The van der Waals surface area contributed by atoms with Crippen molar-refractivity contribution in [1.29, 1.82) is 0 Å². The molecule has 1 aliphatic carbocycles. The lowest BCUT2D eigenvalue weighted by Crippen LogP contribution is -2.37. The van der Waals surface area contributed by atoms with Crippen LogP contribution in [0.1, 0.15) is 46.5 Å². The number of thioether (sulfide) groups is 1. The van der Waals surface area contributed by atoms with Crippen LogP contribution in [-0.2, 0) is 0 Å². The SMILES string of the molecule is CCC1CCC(NCC(C)(C)SC)C1. The molecule has 1 nitrogen and oxygen atoms in total. The fourth-order valence-corrected chi connectivity index (χ4v) is 2.32. The van der Waals surface area contributed by atoms with Crippen LogP contribution in [0.5, 0.6) is 0 Å². The van der Waals surface area contributed by atoms with Gasteiger partial charge in [0, 0.05) is 17.3 Å². The van der Waals surface area contributed by atoms with Crippen LogP contribution in [0.2, 0.25) is 0 Å². The summed E-state index contributed by atoms with van der Waals surface area (Å²) >= 11 is 1.95. The Balaban J connectivity index is 2.20. The van der Waals surface area contributed by atoms with Crippen molar-refractivity contribution >= 4 is 11.8 Å². The Hall–Kier alpha value is 0.310. The summed E-state index contributed by atoms with van der Waals surface area (Å²) in [4.78, 5) is 0. The van der Waals surface area contributed by atoms with E-state index in [0.29, 0.717) is 4.75 Å². The van der Waals surface area contributed by atoms with E-state index >= 15 is 0 Å². The van der Waals surface area contributed by atoms with Crippen molar-refractivity contribution in [3.8, 4) is 0 Å². The Bertz CT molecular complexity index is 168. The second-order valence-corrected chi connectivity index (χ2v) is 6.64. The first kappa shape index (κ1) is 12.4. The Kier molecular flexibility index (Phi) is 4.78. The molecule has 0 saturated heterocycles. The van der Waals surface area contributed by atoms with Crippen LogP contribution < -0.4 is 5.32 Å². The predicted octanol–water partition coefficient (Wildman–Crippen LogP) is 3.30. The maximum absolute atomic E-state index is 3.72. The van der Waals surface area contributed by atoms with E-state index in [4.69, 9.17) is 0 Å². The molecule has 14 heavy (non-hydrogen) atoms. The van der Waals surface area contributed by atoms with Crippen molar-refractivity contribution in [2.45, 2.75) is 57.2 Å². The molecular formula is C12H25NS. The Morgan fingerprint density at radius 3 is 2.57 bits per heavy atom. The summed E-state index contributed by atoms with van der Waals surface area (Å²) in [5.74, 6) is 0.991. The molecule has 0 aromatic carbocycles. The van der Waals surface area contributed by atoms with E-state index in [9.17, 15) is 0 Å². The summed E-state index contributed by atoms with van der Waals surface area (Å²) in [5, 5.41) is 3.72. The molecule has 1 aliphatic rings. The van der Waals surface area contributed by atoms with Crippen LogP contribution in [0.25, 0.3) is 0 Å². The van der Waals surface area contributed by atoms with E-state index in [1.807, 2.05) is 11.8 Å². The van der Waals surface area contributed by atoms with E-state index in [1.54, 1.807) is 0 Å². The molecule has 1 saturated carbocycles. The zero-order valence-corrected chi connectivity index (χ0v) is 10.9. The molecule has 0 aromatic rings. The van der Waals surface area contributed by atoms with E-state index in [0.717, 1.165) is 18.5 Å². The summed E-state index contributed by atoms with van der Waals surface area (Å²) in [5.41, 5.74) is 0. The zero-order valence-electron chi connectivity index (χ0n) is 10.1. The van der Waals surface area contributed by atoms with E-state index in [2.05, 4.69) is 32.3 Å². The molecule has 0 amide bonds. The lowest BCUT2D eigenvalue weighted by Gasteiger charge is -2.25. The average molecular weight is 215 g/mol. The smallest absolute Gasteiger partial charge is 0.0225 e. The second-order valence-electron chi connectivity index (χ2n) is 5.13. The third kappa shape index (κ3) is 3.82. The van der Waals surface area contributed by atoms with Crippen LogP contribution in [-0.4, -0.2) is 23.6 Å². The highest BCUT2D eigenvalue weighted by atomic mass is 32.2. The number of hydrogen-bond donors (Lipinski definition) is 1. The first-order chi connectivity index (χ1) is 6.57. The molecule has 1 rings (SSSR count). The van der Waals surface area contributed by atoms with E-state index < -0.39 is 0 Å². The lowest BCUT2D eigenvalue weighted by molar-refractivity contribution is 0.459. The third-order valence-electron chi connectivity index (χ3n) is 3.49. The van der Waals surface area contributed by atoms with Gasteiger partial charge >= 0.3 is 0 Å². The highest BCUT2D eigenvalue weighted by Gasteiger charge is 2.25. The average Bonchev–Trinajstić information content (AvgIpc) is 2.63. The number of hydrogen-bond acceptors (Lipinski definition) is 2. The fraction of sp³-hybridized carbons (Fsp3) is 1.00. The van der Waals surface area contributed by atoms with Gasteiger partial charge in [0.1, 0.15) is 0 Å². The molecule has 0 aliphatic heterocycles. The molecule has 0 bridgehead atoms. The van der Waals surface area contributed by atoms with Gasteiger partial charge in [-0.05, 0) is 45.3 Å². The molecule has 0 radical (unpaired) electrons. The van der Waals surface area contributed by atoms with Crippen LogP contribution in [0.4, 0.5) is 0 Å². The normalized spacial score (nSPS) is 28.3. The molecule has 2 atom stereocenters. The Labute approximate surface area is 93.4 Å². The van der Waals surface area contributed by atoms with Gasteiger partial charge in [0.05, 0.1) is 0 Å². The molecule has 2 unspecified atom stereocenters. The predicted molar refractivity (Wildman–Crippen MR) is 67.0 cm³/mol. The van der Waals surface area contributed by atoms with Gasteiger partial charge in [0.25, 0.3) is 0 Å². The lowest BCUT2D eigenvalue weighted by atomic mass is 10.1. The van der Waals surface area contributed by atoms with Crippen LogP contribution in [0.3, 0.4) is 0 Å². The first-order valence-corrected chi connectivity index (χ1v) is 7.08. The monoisotopic (exact) mass is 215 g/mol. The largest absolute Gasteiger partial charge is 0.313 e. The van der Waals surface area contributed by atoms with Gasteiger partial charge in [-0.1, -0.05) is 13.3 Å². The van der Waals surface area contributed by atoms with Crippen molar-refractivity contribution in [1.82, 2.24) is 5.32 Å². The Morgan fingerprint density at radius 2 is 2.07 bits per heavy atom. The first-order valence-electron chi connectivity index (χ1n) is 5.86. The minimum Gasteiger partial charge on any atom is -0.313 e. The van der Waals surface area contributed by atoms with Gasteiger partial charge in [-0.3, -0.25) is 0 Å². The zero-order chi connectivity index (χ0) is 10.6.